The van der Waals surface area contributed by atoms with Gasteiger partial charge in [0.1, 0.15) is 0 Å². The zero-order chi connectivity index (χ0) is 14.9. The Morgan fingerprint density at radius 3 is 2.50 bits per heavy atom. The molecule has 0 fully saturated rings. The summed E-state index contributed by atoms with van der Waals surface area (Å²) in [6, 6.07) is 4.45. The quantitative estimate of drug-likeness (QED) is 0.672. The molecule has 1 heterocycles. The summed E-state index contributed by atoms with van der Waals surface area (Å²) in [5, 5.41) is 0.471. The number of esters is 1. The number of nitrogens with one attached hydrogen (secondary N) is 1. The molecule has 4 nitrogen and oxygen atoms in total. The predicted octanol–water partition coefficient (Wildman–Crippen LogP) is 3.79. The topological polar surface area (TPSA) is 59.2 Å². The van der Waals surface area contributed by atoms with Crippen molar-refractivity contribution in [3.63, 3.8) is 0 Å². The van der Waals surface area contributed by atoms with Crippen molar-refractivity contribution in [2.24, 2.45) is 0 Å². The van der Waals surface area contributed by atoms with Crippen LogP contribution >= 0.6 is 34.8 Å². The van der Waals surface area contributed by atoms with E-state index in [4.69, 9.17) is 34.8 Å². The first-order chi connectivity index (χ1) is 9.47. The van der Waals surface area contributed by atoms with Crippen LogP contribution in [0.15, 0.2) is 29.2 Å². The number of methoxy groups -OCH3 is 1. The SMILES string of the molecule is COC(=O)c1cc[nH]c(=O)c1-c1ccc(Cl)c(Cl)c1Cl. The zero-order valence-electron chi connectivity index (χ0n) is 10.2. The van der Waals surface area contributed by atoms with Gasteiger partial charge in [-0.25, -0.2) is 4.79 Å². The van der Waals surface area contributed by atoms with Gasteiger partial charge in [-0.05, 0) is 12.1 Å². The summed E-state index contributed by atoms with van der Waals surface area (Å²) in [5.74, 6) is -0.645. The molecule has 7 heteroatoms. The maximum Gasteiger partial charge on any atom is 0.338 e. The molecule has 0 atom stereocenters. The van der Waals surface area contributed by atoms with E-state index in [9.17, 15) is 9.59 Å². The van der Waals surface area contributed by atoms with E-state index >= 15 is 0 Å². The van der Waals surface area contributed by atoms with Crippen molar-refractivity contribution in [1.82, 2.24) is 4.98 Å². The van der Waals surface area contributed by atoms with Gasteiger partial charge in [-0.1, -0.05) is 40.9 Å². The smallest absolute Gasteiger partial charge is 0.338 e. The van der Waals surface area contributed by atoms with Crippen LogP contribution in [0.1, 0.15) is 10.4 Å². The molecule has 1 N–H and O–H groups in total. The molecular formula is C13H8Cl3NO3. The molecule has 1 aromatic heterocycles. The van der Waals surface area contributed by atoms with E-state index < -0.39 is 11.5 Å². The standard InChI is InChI=1S/C13H8Cl3NO3/c1-20-13(19)7-4-5-17-12(18)9(7)6-2-3-8(14)11(16)10(6)15/h2-5H,1H3,(H,17,18). The third kappa shape index (κ3) is 2.54. The summed E-state index contributed by atoms with van der Waals surface area (Å²) >= 11 is 17.9. The van der Waals surface area contributed by atoms with E-state index in [2.05, 4.69) is 9.72 Å². The Morgan fingerprint density at radius 2 is 1.85 bits per heavy atom. The molecule has 0 spiro atoms. The molecule has 0 unspecified atom stereocenters. The molecule has 104 valence electrons. The van der Waals surface area contributed by atoms with E-state index in [1.165, 1.54) is 31.5 Å². The van der Waals surface area contributed by atoms with Crippen LogP contribution in [0.3, 0.4) is 0 Å². The second-order valence-electron chi connectivity index (χ2n) is 3.81. The Bertz CT molecular complexity index is 740. The second-order valence-corrected chi connectivity index (χ2v) is 4.97. The highest BCUT2D eigenvalue weighted by Gasteiger charge is 2.20. The van der Waals surface area contributed by atoms with Crippen LogP contribution < -0.4 is 5.56 Å². The van der Waals surface area contributed by atoms with Crippen LogP contribution in [0.4, 0.5) is 0 Å². The van der Waals surface area contributed by atoms with Crippen LogP contribution in [0.2, 0.25) is 15.1 Å². The van der Waals surface area contributed by atoms with E-state index in [-0.39, 0.29) is 26.2 Å². The van der Waals surface area contributed by atoms with Gasteiger partial charge < -0.3 is 9.72 Å². The molecule has 0 aliphatic heterocycles. The lowest BCUT2D eigenvalue weighted by Gasteiger charge is -2.10. The minimum atomic E-state index is -0.645. The van der Waals surface area contributed by atoms with Crippen molar-refractivity contribution in [2.75, 3.05) is 7.11 Å². The molecule has 2 aromatic rings. The third-order valence-corrected chi connectivity index (χ3v) is 3.96. The van der Waals surface area contributed by atoms with Crippen molar-refractivity contribution in [1.29, 1.82) is 0 Å². The van der Waals surface area contributed by atoms with Crippen molar-refractivity contribution in [2.45, 2.75) is 0 Å². The number of halogens is 3. The Balaban J connectivity index is 2.80. The lowest BCUT2D eigenvalue weighted by molar-refractivity contribution is 0.0601. The summed E-state index contributed by atoms with van der Waals surface area (Å²) in [4.78, 5) is 26.2. The first-order valence-electron chi connectivity index (χ1n) is 5.41. The maximum atomic E-state index is 12.0. The van der Waals surface area contributed by atoms with Gasteiger partial charge in [0.2, 0.25) is 0 Å². The van der Waals surface area contributed by atoms with Gasteiger partial charge in [0.15, 0.2) is 0 Å². The van der Waals surface area contributed by atoms with E-state index in [1.807, 2.05) is 0 Å². The second kappa shape index (κ2) is 5.87. The van der Waals surface area contributed by atoms with Crippen molar-refractivity contribution in [3.05, 3.63) is 55.4 Å². The van der Waals surface area contributed by atoms with Gasteiger partial charge in [0, 0.05) is 11.8 Å². The Hall–Kier alpha value is -1.49. The average molecular weight is 333 g/mol. The molecule has 0 aliphatic rings. The fourth-order valence-corrected chi connectivity index (χ4v) is 2.37. The first-order valence-corrected chi connectivity index (χ1v) is 6.54. The van der Waals surface area contributed by atoms with Crippen LogP contribution in [0.25, 0.3) is 11.1 Å². The number of benzene rings is 1. The highest BCUT2D eigenvalue weighted by Crippen LogP contribution is 2.37. The van der Waals surface area contributed by atoms with Gasteiger partial charge in [-0.3, -0.25) is 4.79 Å². The van der Waals surface area contributed by atoms with Crippen molar-refractivity contribution < 1.29 is 9.53 Å². The molecule has 2 rings (SSSR count). The van der Waals surface area contributed by atoms with Crippen LogP contribution in [0.5, 0.6) is 0 Å². The van der Waals surface area contributed by atoms with Gasteiger partial charge in [0.05, 0.1) is 33.3 Å². The zero-order valence-corrected chi connectivity index (χ0v) is 12.4. The minimum absolute atomic E-state index is 0.0860. The summed E-state index contributed by atoms with van der Waals surface area (Å²) < 4.78 is 4.65. The summed E-state index contributed by atoms with van der Waals surface area (Å²) in [7, 11) is 1.23. The number of hydrogen-bond acceptors (Lipinski definition) is 3. The molecule has 0 bridgehead atoms. The Morgan fingerprint density at radius 1 is 1.15 bits per heavy atom. The molecule has 0 aliphatic carbocycles. The highest BCUT2D eigenvalue weighted by atomic mass is 35.5. The summed E-state index contributed by atoms with van der Waals surface area (Å²) in [6.07, 6.45) is 1.35. The normalized spacial score (nSPS) is 10.4. The molecule has 0 saturated carbocycles. The number of ether oxygens (including phenoxy) is 1. The summed E-state index contributed by atoms with van der Waals surface area (Å²) in [5.41, 5.74) is 0.0101. The summed E-state index contributed by atoms with van der Waals surface area (Å²) in [6.45, 7) is 0. The van der Waals surface area contributed by atoms with E-state index in [0.717, 1.165) is 0 Å². The van der Waals surface area contributed by atoms with Gasteiger partial charge in [-0.2, -0.15) is 0 Å². The molecule has 20 heavy (non-hydrogen) atoms. The molecule has 0 saturated heterocycles. The number of H-pyrrole nitrogens is 1. The fraction of sp³-hybridized carbons (Fsp3) is 0.0769. The molecule has 0 amide bonds. The van der Waals surface area contributed by atoms with E-state index in [0.29, 0.717) is 5.56 Å². The highest BCUT2D eigenvalue weighted by molar-refractivity contribution is 6.49. The number of hydrogen-bond donors (Lipinski definition) is 1. The first kappa shape index (κ1) is 14.9. The van der Waals surface area contributed by atoms with Crippen LogP contribution in [0, 0.1) is 0 Å². The number of aromatic amines is 1. The van der Waals surface area contributed by atoms with Gasteiger partial charge in [0.25, 0.3) is 5.56 Å². The maximum absolute atomic E-state index is 12.0. The predicted molar refractivity (Wildman–Crippen MR) is 78.9 cm³/mol. The molecule has 1 aromatic carbocycles. The Labute approximate surface area is 129 Å². The van der Waals surface area contributed by atoms with Crippen LogP contribution in [-0.4, -0.2) is 18.1 Å². The lowest BCUT2D eigenvalue weighted by Crippen LogP contribution is -2.15. The average Bonchev–Trinajstić information content (AvgIpc) is 2.45. The number of rotatable bonds is 2. The monoisotopic (exact) mass is 331 g/mol. The van der Waals surface area contributed by atoms with E-state index in [1.54, 1.807) is 0 Å². The lowest BCUT2D eigenvalue weighted by atomic mass is 10.0. The molecule has 0 radical (unpaired) electrons. The largest absolute Gasteiger partial charge is 0.465 e. The van der Waals surface area contributed by atoms with Crippen molar-refractivity contribution in [3.8, 4) is 11.1 Å². The number of carbonyl (C=O) groups is 1. The third-order valence-electron chi connectivity index (χ3n) is 2.67. The Kier molecular flexibility index (Phi) is 4.38. The fourth-order valence-electron chi connectivity index (χ4n) is 1.74. The minimum Gasteiger partial charge on any atom is -0.465 e. The van der Waals surface area contributed by atoms with Gasteiger partial charge in [-0.15, -0.1) is 0 Å². The van der Waals surface area contributed by atoms with Crippen LogP contribution in [-0.2, 0) is 4.74 Å². The number of aromatic nitrogens is 1. The molecular weight excluding hydrogens is 325 g/mol. The van der Waals surface area contributed by atoms with Crippen molar-refractivity contribution >= 4 is 40.8 Å². The van der Waals surface area contributed by atoms with Gasteiger partial charge >= 0.3 is 5.97 Å². The number of pyridine rings is 1. The number of carbonyl (C=O) groups excluding carboxylic acids is 1.